The van der Waals surface area contributed by atoms with Crippen molar-refractivity contribution in [2.75, 3.05) is 6.54 Å². The van der Waals surface area contributed by atoms with Crippen LogP contribution in [0.2, 0.25) is 0 Å². The zero-order chi connectivity index (χ0) is 11.8. The van der Waals surface area contributed by atoms with E-state index in [9.17, 15) is 9.90 Å². The molecular weight excluding hydrogens is 202 g/mol. The van der Waals surface area contributed by atoms with E-state index < -0.39 is 11.5 Å². The summed E-state index contributed by atoms with van der Waals surface area (Å²) in [5.41, 5.74) is -0.607. The van der Waals surface area contributed by atoms with E-state index in [4.69, 9.17) is 0 Å². The van der Waals surface area contributed by atoms with Crippen LogP contribution >= 0.6 is 0 Å². The van der Waals surface area contributed by atoms with Crippen molar-refractivity contribution in [3.05, 3.63) is 0 Å². The van der Waals surface area contributed by atoms with Crippen molar-refractivity contribution in [2.24, 2.45) is 5.92 Å². The highest BCUT2D eigenvalue weighted by Gasteiger charge is 2.52. The van der Waals surface area contributed by atoms with Crippen molar-refractivity contribution in [3.8, 4) is 0 Å². The number of carboxylic acid groups (broad SMARTS) is 1. The number of hydrogen-bond acceptors (Lipinski definition) is 2. The third kappa shape index (κ3) is 1.86. The lowest BCUT2D eigenvalue weighted by Gasteiger charge is -2.41. The summed E-state index contributed by atoms with van der Waals surface area (Å²) in [5, 5.41) is 9.56. The van der Waals surface area contributed by atoms with E-state index >= 15 is 0 Å². The second-order valence-corrected chi connectivity index (χ2v) is 5.45. The van der Waals surface area contributed by atoms with E-state index in [0.29, 0.717) is 12.0 Å². The molecule has 0 radical (unpaired) electrons. The highest BCUT2D eigenvalue weighted by molar-refractivity contribution is 5.79. The number of nitrogens with zero attached hydrogens (tertiary/aromatic N) is 1. The summed E-state index contributed by atoms with van der Waals surface area (Å²) in [6.07, 6.45) is 7.08. The van der Waals surface area contributed by atoms with E-state index in [1.807, 2.05) is 6.92 Å². The lowest BCUT2D eigenvalue weighted by Crippen LogP contribution is -2.57. The van der Waals surface area contributed by atoms with Gasteiger partial charge in [0.2, 0.25) is 0 Å². The highest BCUT2D eigenvalue weighted by Crippen LogP contribution is 2.45. The Morgan fingerprint density at radius 1 is 1.31 bits per heavy atom. The van der Waals surface area contributed by atoms with Gasteiger partial charge >= 0.3 is 5.97 Å². The van der Waals surface area contributed by atoms with E-state index in [0.717, 1.165) is 19.4 Å². The average Bonchev–Trinajstić information content (AvgIpc) is 2.98. The van der Waals surface area contributed by atoms with Gasteiger partial charge in [-0.25, -0.2) is 0 Å². The molecule has 0 spiro atoms. The number of hydrogen-bond donors (Lipinski definition) is 1. The van der Waals surface area contributed by atoms with Gasteiger partial charge in [0, 0.05) is 6.04 Å². The predicted octanol–water partition coefficient (Wildman–Crippen LogP) is 2.50. The third-order valence-corrected chi connectivity index (χ3v) is 4.51. The zero-order valence-corrected chi connectivity index (χ0v) is 10.4. The van der Waals surface area contributed by atoms with Crippen LogP contribution in [0.25, 0.3) is 0 Å². The molecule has 0 bridgehead atoms. The van der Waals surface area contributed by atoms with Crippen LogP contribution in [0.4, 0.5) is 0 Å². The monoisotopic (exact) mass is 225 g/mol. The highest BCUT2D eigenvalue weighted by atomic mass is 16.4. The van der Waals surface area contributed by atoms with Crippen LogP contribution < -0.4 is 0 Å². The van der Waals surface area contributed by atoms with Crippen LogP contribution in [-0.4, -0.2) is 34.1 Å². The molecule has 16 heavy (non-hydrogen) atoms. The van der Waals surface area contributed by atoms with Crippen molar-refractivity contribution < 1.29 is 9.90 Å². The fourth-order valence-corrected chi connectivity index (χ4v) is 3.36. The molecule has 3 heteroatoms. The molecule has 0 heterocycles. The fourth-order valence-electron chi connectivity index (χ4n) is 3.36. The molecular formula is C13H23NO2. The van der Waals surface area contributed by atoms with Crippen molar-refractivity contribution in [3.63, 3.8) is 0 Å². The van der Waals surface area contributed by atoms with Gasteiger partial charge in [-0.2, -0.15) is 0 Å². The molecule has 0 aliphatic heterocycles. The van der Waals surface area contributed by atoms with Gasteiger partial charge in [-0.15, -0.1) is 0 Å². The van der Waals surface area contributed by atoms with Crippen molar-refractivity contribution in [1.82, 2.24) is 4.90 Å². The van der Waals surface area contributed by atoms with Gasteiger partial charge in [0.25, 0.3) is 0 Å². The smallest absolute Gasteiger partial charge is 0.324 e. The van der Waals surface area contributed by atoms with Gasteiger partial charge in [0.05, 0.1) is 0 Å². The Balaban J connectivity index is 2.18. The summed E-state index contributed by atoms with van der Waals surface area (Å²) in [5.74, 6) is -0.241. The van der Waals surface area contributed by atoms with E-state index in [-0.39, 0.29) is 0 Å². The van der Waals surface area contributed by atoms with Crippen LogP contribution in [0, 0.1) is 5.92 Å². The quantitative estimate of drug-likeness (QED) is 0.781. The lowest BCUT2D eigenvalue weighted by molar-refractivity contribution is -0.154. The van der Waals surface area contributed by atoms with Crippen molar-refractivity contribution in [2.45, 2.75) is 64.0 Å². The molecule has 2 fully saturated rings. The Hall–Kier alpha value is -0.570. The zero-order valence-electron chi connectivity index (χ0n) is 10.4. The normalized spacial score (nSPS) is 25.9. The third-order valence-electron chi connectivity index (χ3n) is 4.51. The Labute approximate surface area is 97.8 Å². The van der Waals surface area contributed by atoms with Gasteiger partial charge in [-0.1, -0.05) is 19.8 Å². The summed E-state index contributed by atoms with van der Waals surface area (Å²) >= 11 is 0. The Morgan fingerprint density at radius 2 is 1.88 bits per heavy atom. The molecule has 0 aromatic heterocycles. The Bertz CT molecular complexity index is 269. The van der Waals surface area contributed by atoms with Crippen molar-refractivity contribution >= 4 is 5.97 Å². The van der Waals surface area contributed by atoms with Gasteiger partial charge < -0.3 is 5.11 Å². The topological polar surface area (TPSA) is 40.5 Å². The van der Waals surface area contributed by atoms with Gasteiger partial charge in [0.1, 0.15) is 5.54 Å². The van der Waals surface area contributed by atoms with Crippen LogP contribution in [0.3, 0.4) is 0 Å². The van der Waals surface area contributed by atoms with Gasteiger partial charge in [-0.3, -0.25) is 9.69 Å². The molecule has 2 saturated carbocycles. The Morgan fingerprint density at radius 3 is 2.25 bits per heavy atom. The molecule has 2 aliphatic carbocycles. The maximum Gasteiger partial charge on any atom is 0.324 e. The first-order chi connectivity index (χ1) is 7.60. The van der Waals surface area contributed by atoms with E-state index in [1.54, 1.807) is 0 Å². The maximum absolute atomic E-state index is 11.6. The SMILES string of the molecule is CCN(C1CCCC1)C(C)(C(=O)O)C1CC1. The summed E-state index contributed by atoms with van der Waals surface area (Å²) in [7, 11) is 0. The maximum atomic E-state index is 11.6. The second kappa shape index (κ2) is 4.36. The largest absolute Gasteiger partial charge is 0.480 e. The fraction of sp³-hybridized carbons (Fsp3) is 0.923. The van der Waals surface area contributed by atoms with Gasteiger partial charge in [0.15, 0.2) is 0 Å². The number of carbonyl (C=O) groups is 1. The molecule has 92 valence electrons. The summed E-state index contributed by atoms with van der Waals surface area (Å²) in [4.78, 5) is 13.9. The van der Waals surface area contributed by atoms with Gasteiger partial charge in [-0.05, 0) is 45.1 Å². The first kappa shape index (κ1) is 11.9. The summed E-state index contributed by atoms with van der Waals surface area (Å²) < 4.78 is 0. The average molecular weight is 225 g/mol. The molecule has 0 aromatic rings. The molecule has 2 rings (SSSR count). The number of rotatable bonds is 5. The molecule has 0 aromatic carbocycles. The molecule has 2 aliphatic rings. The summed E-state index contributed by atoms with van der Waals surface area (Å²) in [6.45, 7) is 4.90. The van der Waals surface area contributed by atoms with E-state index in [1.165, 1.54) is 25.7 Å². The van der Waals surface area contributed by atoms with Crippen LogP contribution in [0.1, 0.15) is 52.4 Å². The predicted molar refractivity (Wildman–Crippen MR) is 63.4 cm³/mol. The molecule has 1 N–H and O–H groups in total. The molecule has 3 nitrogen and oxygen atoms in total. The number of carboxylic acids is 1. The van der Waals surface area contributed by atoms with Crippen LogP contribution in [0.5, 0.6) is 0 Å². The lowest BCUT2D eigenvalue weighted by atomic mass is 9.91. The van der Waals surface area contributed by atoms with Crippen LogP contribution in [-0.2, 0) is 4.79 Å². The second-order valence-electron chi connectivity index (χ2n) is 5.45. The summed E-state index contributed by atoms with van der Waals surface area (Å²) in [6, 6.07) is 0.506. The van der Waals surface area contributed by atoms with Crippen molar-refractivity contribution in [1.29, 1.82) is 0 Å². The minimum absolute atomic E-state index is 0.380. The number of likely N-dealkylation sites (N-methyl/N-ethyl adjacent to an activating group) is 1. The molecule has 0 saturated heterocycles. The standard InChI is InChI=1S/C13H23NO2/c1-3-14(11-6-4-5-7-11)13(2,12(15)16)10-8-9-10/h10-11H,3-9H2,1-2H3,(H,15,16). The molecule has 0 amide bonds. The number of aliphatic carboxylic acids is 1. The minimum atomic E-state index is -0.622. The minimum Gasteiger partial charge on any atom is -0.480 e. The Kier molecular flexibility index (Phi) is 3.24. The molecule has 1 unspecified atom stereocenters. The first-order valence-corrected chi connectivity index (χ1v) is 6.60. The first-order valence-electron chi connectivity index (χ1n) is 6.60. The van der Waals surface area contributed by atoms with Crippen LogP contribution in [0.15, 0.2) is 0 Å². The molecule has 1 atom stereocenters. The van der Waals surface area contributed by atoms with E-state index in [2.05, 4.69) is 11.8 Å².